The maximum atomic E-state index is 12.7. The molecule has 2 nitrogen and oxygen atoms in total. The highest BCUT2D eigenvalue weighted by atomic mass is 19.1. The number of benzene rings is 1. The molecular formula is C11H14FNO. The smallest absolute Gasteiger partial charge is 0.123 e. The fourth-order valence-corrected chi connectivity index (χ4v) is 1.90. The molecule has 14 heavy (non-hydrogen) atoms. The van der Waals surface area contributed by atoms with Gasteiger partial charge in [-0.25, -0.2) is 4.39 Å². The van der Waals surface area contributed by atoms with Crippen LogP contribution in [0.5, 0.6) is 0 Å². The third-order valence-corrected chi connectivity index (χ3v) is 2.72. The Kier molecular flexibility index (Phi) is 2.79. The Hall–Kier alpha value is -0.930. The van der Waals surface area contributed by atoms with E-state index in [1.807, 2.05) is 0 Å². The Bertz CT molecular complexity index is 299. The molecule has 2 N–H and O–H groups in total. The molecule has 1 fully saturated rings. The van der Waals surface area contributed by atoms with Crippen LogP contribution in [0.15, 0.2) is 24.3 Å². The molecule has 2 rings (SSSR count). The van der Waals surface area contributed by atoms with Crippen molar-refractivity contribution in [3.8, 4) is 0 Å². The predicted molar refractivity (Wildman–Crippen MR) is 52.3 cm³/mol. The largest absolute Gasteiger partial charge is 0.373 e. The van der Waals surface area contributed by atoms with Crippen LogP contribution in [0.25, 0.3) is 0 Å². The average Bonchev–Trinajstić information content (AvgIpc) is 2.67. The van der Waals surface area contributed by atoms with Crippen molar-refractivity contribution < 1.29 is 9.13 Å². The second-order valence-electron chi connectivity index (χ2n) is 3.63. The topological polar surface area (TPSA) is 35.2 Å². The lowest BCUT2D eigenvalue weighted by Gasteiger charge is -2.16. The van der Waals surface area contributed by atoms with Gasteiger partial charge in [0.05, 0.1) is 6.10 Å². The third-order valence-electron chi connectivity index (χ3n) is 2.72. The van der Waals surface area contributed by atoms with Crippen LogP contribution < -0.4 is 5.73 Å². The van der Waals surface area contributed by atoms with Gasteiger partial charge in [0.15, 0.2) is 0 Å². The molecule has 0 radical (unpaired) electrons. The molecule has 1 aliphatic rings. The molecule has 0 unspecified atom stereocenters. The van der Waals surface area contributed by atoms with Gasteiger partial charge in [0.1, 0.15) is 5.82 Å². The molecule has 2 atom stereocenters. The fraction of sp³-hybridized carbons (Fsp3) is 0.455. The van der Waals surface area contributed by atoms with Crippen LogP contribution in [0.2, 0.25) is 0 Å². The van der Waals surface area contributed by atoms with Crippen molar-refractivity contribution in [2.24, 2.45) is 11.7 Å². The summed E-state index contributed by atoms with van der Waals surface area (Å²) in [6.45, 7) is 1.38. The summed E-state index contributed by atoms with van der Waals surface area (Å²) >= 11 is 0. The standard InChI is InChI=1S/C11H14FNO/c12-10-3-1-8(2-4-10)11-9(7-13)5-6-14-11/h1-4,9,11H,5-7,13H2/t9-,11-/m1/s1. The van der Waals surface area contributed by atoms with Gasteiger partial charge in [0.25, 0.3) is 0 Å². The van der Waals surface area contributed by atoms with E-state index in [-0.39, 0.29) is 11.9 Å². The van der Waals surface area contributed by atoms with Crippen LogP contribution in [0.1, 0.15) is 18.1 Å². The number of hydrogen-bond acceptors (Lipinski definition) is 2. The summed E-state index contributed by atoms with van der Waals surface area (Å²) in [7, 11) is 0. The number of nitrogens with two attached hydrogens (primary N) is 1. The van der Waals surface area contributed by atoms with Crippen LogP contribution in [0, 0.1) is 11.7 Å². The van der Waals surface area contributed by atoms with Gasteiger partial charge in [0, 0.05) is 12.5 Å². The van der Waals surface area contributed by atoms with Crippen molar-refractivity contribution in [1.82, 2.24) is 0 Å². The summed E-state index contributed by atoms with van der Waals surface area (Å²) in [5, 5.41) is 0. The lowest BCUT2D eigenvalue weighted by atomic mass is 9.96. The number of hydrogen-bond donors (Lipinski definition) is 1. The first-order valence-corrected chi connectivity index (χ1v) is 4.88. The molecule has 1 aromatic rings. The lowest BCUT2D eigenvalue weighted by molar-refractivity contribution is 0.0924. The van der Waals surface area contributed by atoms with Gasteiger partial charge in [-0.1, -0.05) is 12.1 Å². The Morgan fingerprint density at radius 1 is 1.36 bits per heavy atom. The molecule has 0 spiro atoms. The minimum absolute atomic E-state index is 0.0561. The number of rotatable bonds is 2. The molecule has 0 aromatic heterocycles. The molecule has 3 heteroatoms. The van der Waals surface area contributed by atoms with Crippen LogP contribution in [-0.2, 0) is 4.74 Å². The first kappa shape index (κ1) is 9.62. The summed E-state index contributed by atoms with van der Waals surface area (Å²) < 4.78 is 18.3. The molecular weight excluding hydrogens is 181 g/mol. The monoisotopic (exact) mass is 195 g/mol. The van der Waals surface area contributed by atoms with E-state index in [1.165, 1.54) is 12.1 Å². The minimum Gasteiger partial charge on any atom is -0.373 e. The summed E-state index contributed by atoms with van der Waals surface area (Å²) in [6, 6.07) is 6.47. The third kappa shape index (κ3) is 1.79. The highest BCUT2D eigenvalue weighted by Crippen LogP contribution is 2.33. The SMILES string of the molecule is NC[C@H]1CCO[C@@H]1c1ccc(F)cc1. The van der Waals surface area contributed by atoms with Gasteiger partial charge in [-0.05, 0) is 30.7 Å². The molecule has 1 aromatic carbocycles. The zero-order chi connectivity index (χ0) is 9.97. The van der Waals surface area contributed by atoms with Crippen molar-refractivity contribution in [2.45, 2.75) is 12.5 Å². The molecule has 0 saturated carbocycles. The maximum absolute atomic E-state index is 12.7. The molecule has 0 bridgehead atoms. The van der Waals surface area contributed by atoms with Gasteiger partial charge >= 0.3 is 0 Å². The first-order valence-electron chi connectivity index (χ1n) is 4.88. The maximum Gasteiger partial charge on any atom is 0.123 e. The minimum atomic E-state index is -0.212. The number of ether oxygens (including phenoxy) is 1. The molecule has 0 aliphatic carbocycles. The lowest BCUT2D eigenvalue weighted by Crippen LogP contribution is -2.17. The molecule has 1 heterocycles. The van der Waals surface area contributed by atoms with Crippen molar-refractivity contribution >= 4 is 0 Å². The predicted octanol–water partition coefficient (Wildman–Crippen LogP) is 1.86. The summed E-state index contributed by atoms with van der Waals surface area (Å²) in [5.74, 6) is 0.163. The fourth-order valence-electron chi connectivity index (χ4n) is 1.90. The van der Waals surface area contributed by atoms with E-state index in [1.54, 1.807) is 12.1 Å². The van der Waals surface area contributed by atoms with Crippen LogP contribution >= 0.6 is 0 Å². The van der Waals surface area contributed by atoms with Gasteiger partial charge in [-0.2, -0.15) is 0 Å². The van der Waals surface area contributed by atoms with Crippen molar-refractivity contribution in [3.63, 3.8) is 0 Å². The molecule has 1 aliphatic heterocycles. The van der Waals surface area contributed by atoms with Crippen molar-refractivity contribution in [2.75, 3.05) is 13.2 Å². The summed E-state index contributed by atoms with van der Waals surface area (Å²) in [6.07, 6.45) is 1.05. The van der Waals surface area contributed by atoms with E-state index >= 15 is 0 Å². The Morgan fingerprint density at radius 2 is 2.07 bits per heavy atom. The van der Waals surface area contributed by atoms with Crippen LogP contribution in [-0.4, -0.2) is 13.2 Å². The van der Waals surface area contributed by atoms with E-state index in [9.17, 15) is 4.39 Å². The summed E-state index contributed by atoms with van der Waals surface area (Å²) in [4.78, 5) is 0. The van der Waals surface area contributed by atoms with E-state index < -0.39 is 0 Å². The quantitative estimate of drug-likeness (QED) is 0.781. The van der Waals surface area contributed by atoms with E-state index in [2.05, 4.69) is 0 Å². The highest BCUT2D eigenvalue weighted by Gasteiger charge is 2.28. The van der Waals surface area contributed by atoms with Crippen LogP contribution in [0.3, 0.4) is 0 Å². The second-order valence-corrected chi connectivity index (χ2v) is 3.63. The zero-order valence-corrected chi connectivity index (χ0v) is 7.95. The van der Waals surface area contributed by atoms with Crippen LogP contribution in [0.4, 0.5) is 4.39 Å². The Balaban J connectivity index is 2.17. The molecule has 1 saturated heterocycles. The van der Waals surface area contributed by atoms with Gasteiger partial charge < -0.3 is 10.5 Å². The van der Waals surface area contributed by atoms with Crippen molar-refractivity contribution in [3.05, 3.63) is 35.6 Å². The Morgan fingerprint density at radius 3 is 2.71 bits per heavy atom. The van der Waals surface area contributed by atoms with E-state index in [4.69, 9.17) is 10.5 Å². The number of halogens is 1. The highest BCUT2D eigenvalue weighted by molar-refractivity contribution is 5.20. The van der Waals surface area contributed by atoms with Crippen molar-refractivity contribution in [1.29, 1.82) is 0 Å². The normalized spacial score (nSPS) is 26.7. The molecule has 76 valence electrons. The van der Waals surface area contributed by atoms with E-state index in [0.29, 0.717) is 12.5 Å². The van der Waals surface area contributed by atoms with E-state index in [0.717, 1.165) is 18.6 Å². The average molecular weight is 195 g/mol. The second kappa shape index (κ2) is 4.07. The van der Waals surface area contributed by atoms with Gasteiger partial charge in [0.2, 0.25) is 0 Å². The zero-order valence-electron chi connectivity index (χ0n) is 7.95. The Labute approximate surface area is 82.9 Å². The molecule has 0 amide bonds. The summed E-state index contributed by atoms with van der Waals surface area (Å²) in [5.41, 5.74) is 6.66. The van der Waals surface area contributed by atoms with Gasteiger partial charge in [-0.3, -0.25) is 0 Å². The first-order chi connectivity index (χ1) is 6.81. The van der Waals surface area contributed by atoms with Gasteiger partial charge in [-0.15, -0.1) is 0 Å².